The van der Waals surface area contributed by atoms with E-state index < -0.39 is 5.79 Å². The van der Waals surface area contributed by atoms with Gasteiger partial charge in [-0.1, -0.05) is 18.2 Å². The van der Waals surface area contributed by atoms with E-state index in [0.717, 1.165) is 12.8 Å². The SMILES string of the molecule is C=CCC1(CC=CC)OCCO1. The number of hydrogen-bond acceptors (Lipinski definition) is 2. The third-order valence-electron chi connectivity index (χ3n) is 1.93. The Balaban J connectivity index is 2.51. The van der Waals surface area contributed by atoms with E-state index in [-0.39, 0.29) is 0 Å². The molecule has 0 bridgehead atoms. The monoisotopic (exact) mass is 168 g/mol. The molecule has 0 amide bonds. The molecule has 0 atom stereocenters. The summed E-state index contributed by atoms with van der Waals surface area (Å²) in [4.78, 5) is 0. The van der Waals surface area contributed by atoms with Crippen molar-refractivity contribution in [3.8, 4) is 0 Å². The number of rotatable bonds is 4. The fourth-order valence-electron chi connectivity index (χ4n) is 1.33. The Morgan fingerprint density at radius 3 is 2.50 bits per heavy atom. The molecule has 0 aromatic carbocycles. The smallest absolute Gasteiger partial charge is 0.175 e. The minimum Gasteiger partial charge on any atom is -0.347 e. The molecule has 12 heavy (non-hydrogen) atoms. The summed E-state index contributed by atoms with van der Waals surface area (Å²) in [7, 11) is 0. The highest BCUT2D eigenvalue weighted by atomic mass is 16.7. The first-order valence-electron chi connectivity index (χ1n) is 4.33. The zero-order valence-corrected chi connectivity index (χ0v) is 7.58. The number of allylic oxidation sites excluding steroid dienone is 1. The zero-order valence-electron chi connectivity index (χ0n) is 7.58. The van der Waals surface area contributed by atoms with Crippen molar-refractivity contribution in [3.63, 3.8) is 0 Å². The topological polar surface area (TPSA) is 18.5 Å². The lowest BCUT2D eigenvalue weighted by Crippen LogP contribution is -2.28. The van der Waals surface area contributed by atoms with Gasteiger partial charge < -0.3 is 9.47 Å². The van der Waals surface area contributed by atoms with E-state index in [1.54, 1.807) is 0 Å². The first-order valence-corrected chi connectivity index (χ1v) is 4.33. The maximum Gasteiger partial charge on any atom is 0.175 e. The molecule has 0 N–H and O–H groups in total. The second kappa shape index (κ2) is 4.43. The Morgan fingerprint density at radius 1 is 1.33 bits per heavy atom. The van der Waals surface area contributed by atoms with E-state index in [1.807, 2.05) is 19.1 Å². The van der Waals surface area contributed by atoms with Crippen LogP contribution in [0.1, 0.15) is 19.8 Å². The van der Waals surface area contributed by atoms with E-state index in [2.05, 4.69) is 12.7 Å². The van der Waals surface area contributed by atoms with Crippen molar-refractivity contribution in [2.75, 3.05) is 13.2 Å². The van der Waals surface area contributed by atoms with E-state index in [4.69, 9.17) is 9.47 Å². The molecular formula is C10H16O2. The summed E-state index contributed by atoms with van der Waals surface area (Å²) in [6, 6.07) is 0. The molecule has 0 aromatic heterocycles. The predicted octanol–water partition coefficient (Wildman–Crippen LogP) is 2.27. The molecule has 1 aliphatic heterocycles. The predicted molar refractivity (Wildman–Crippen MR) is 48.9 cm³/mol. The van der Waals surface area contributed by atoms with Gasteiger partial charge in [-0.25, -0.2) is 0 Å². The van der Waals surface area contributed by atoms with Gasteiger partial charge in [-0.05, 0) is 6.92 Å². The molecule has 1 saturated heterocycles. The van der Waals surface area contributed by atoms with E-state index in [1.165, 1.54) is 0 Å². The van der Waals surface area contributed by atoms with Gasteiger partial charge >= 0.3 is 0 Å². The Morgan fingerprint density at radius 2 is 2.00 bits per heavy atom. The lowest BCUT2D eigenvalue weighted by molar-refractivity contribution is -0.151. The standard InChI is InChI=1S/C10H16O2/c1-3-5-7-10(6-4-2)11-8-9-12-10/h3-5H,2,6-9H2,1H3. The maximum absolute atomic E-state index is 5.54. The fraction of sp³-hybridized carbons (Fsp3) is 0.600. The van der Waals surface area contributed by atoms with Crippen LogP contribution in [0.25, 0.3) is 0 Å². The van der Waals surface area contributed by atoms with Crippen molar-refractivity contribution in [2.45, 2.75) is 25.6 Å². The minimum absolute atomic E-state index is 0.408. The molecule has 1 rings (SSSR count). The Labute approximate surface area is 73.9 Å². The molecule has 1 aliphatic rings. The molecule has 0 radical (unpaired) electrons. The van der Waals surface area contributed by atoms with E-state index >= 15 is 0 Å². The molecule has 0 aromatic rings. The third-order valence-corrected chi connectivity index (χ3v) is 1.93. The molecule has 1 heterocycles. The molecular weight excluding hydrogens is 152 g/mol. The van der Waals surface area contributed by atoms with Crippen LogP contribution in [0.2, 0.25) is 0 Å². The van der Waals surface area contributed by atoms with Crippen molar-refractivity contribution >= 4 is 0 Å². The summed E-state index contributed by atoms with van der Waals surface area (Å²) in [5.74, 6) is -0.408. The lowest BCUT2D eigenvalue weighted by Gasteiger charge is -2.24. The second-order valence-electron chi connectivity index (χ2n) is 2.87. The molecule has 0 spiro atoms. The highest BCUT2D eigenvalue weighted by Gasteiger charge is 2.33. The third kappa shape index (κ3) is 2.19. The quantitative estimate of drug-likeness (QED) is 0.599. The summed E-state index contributed by atoms with van der Waals surface area (Å²) in [5.41, 5.74) is 0. The van der Waals surface area contributed by atoms with Gasteiger partial charge in [-0.15, -0.1) is 6.58 Å². The fourth-order valence-corrected chi connectivity index (χ4v) is 1.33. The summed E-state index contributed by atoms with van der Waals surface area (Å²) in [5, 5.41) is 0. The van der Waals surface area contributed by atoms with Crippen LogP contribution in [0, 0.1) is 0 Å². The van der Waals surface area contributed by atoms with Crippen LogP contribution in [-0.2, 0) is 9.47 Å². The van der Waals surface area contributed by atoms with Crippen LogP contribution < -0.4 is 0 Å². The van der Waals surface area contributed by atoms with Crippen LogP contribution in [0.3, 0.4) is 0 Å². The van der Waals surface area contributed by atoms with Crippen molar-refractivity contribution in [1.29, 1.82) is 0 Å². The van der Waals surface area contributed by atoms with Gasteiger partial charge in [0.25, 0.3) is 0 Å². The van der Waals surface area contributed by atoms with E-state index in [0.29, 0.717) is 13.2 Å². The first-order chi connectivity index (χ1) is 5.83. The van der Waals surface area contributed by atoms with Gasteiger partial charge in [0.1, 0.15) is 0 Å². The summed E-state index contributed by atoms with van der Waals surface area (Å²) in [6.07, 6.45) is 7.49. The van der Waals surface area contributed by atoms with Crippen LogP contribution in [-0.4, -0.2) is 19.0 Å². The molecule has 2 heteroatoms. The molecule has 0 unspecified atom stereocenters. The Kier molecular flexibility index (Phi) is 3.50. The summed E-state index contributed by atoms with van der Waals surface area (Å²) < 4.78 is 11.1. The largest absolute Gasteiger partial charge is 0.347 e. The van der Waals surface area contributed by atoms with E-state index in [9.17, 15) is 0 Å². The highest BCUT2D eigenvalue weighted by molar-refractivity contribution is 4.91. The van der Waals surface area contributed by atoms with Gasteiger partial charge in [0.2, 0.25) is 0 Å². The second-order valence-corrected chi connectivity index (χ2v) is 2.87. The molecule has 1 fully saturated rings. The average molecular weight is 168 g/mol. The number of ether oxygens (including phenoxy) is 2. The van der Waals surface area contributed by atoms with Gasteiger partial charge in [0, 0.05) is 12.8 Å². The zero-order chi connectivity index (χ0) is 8.86. The van der Waals surface area contributed by atoms with Crippen molar-refractivity contribution in [1.82, 2.24) is 0 Å². The normalized spacial score (nSPS) is 21.8. The Hall–Kier alpha value is -0.600. The minimum atomic E-state index is -0.408. The van der Waals surface area contributed by atoms with Crippen LogP contribution in [0.4, 0.5) is 0 Å². The van der Waals surface area contributed by atoms with Gasteiger partial charge in [-0.2, -0.15) is 0 Å². The molecule has 2 nitrogen and oxygen atoms in total. The molecule has 0 saturated carbocycles. The van der Waals surface area contributed by atoms with Crippen LogP contribution in [0.15, 0.2) is 24.8 Å². The van der Waals surface area contributed by atoms with Crippen LogP contribution >= 0.6 is 0 Å². The van der Waals surface area contributed by atoms with Crippen molar-refractivity contribution in [2.24, 2.45) is 0 Å². The molecule has 68 valence electrons. The highest BCUT2D eigenvalue weighted by Crippen LogP contribution is 2.27. The maximum atomic E-state index is 5.54. The van der Waals surface area contributed by atoms with Crippen molar-refractivity contribution in [3.05, 3.63) is 24.8 Å². The average Bonchev–Trinajstić information content (AvgIpc) is 2.51. The summed E-state index contributed by atoms with van der Waals surface area (Å²) in [6.45, 7) is 7.09. The van der Waals surface area contributed by atoms with Crippen molar-refractivity contribution < 1.29 is 9.47 Å². The van der Waals surface area contributed by atoms with Gasteiger partial charge in [-0.3, -0.25) is 0 Å². The summed E-state index contributed by atoms with van der Waals surface area (Å²) >= 11 is 0. The van der Waals surface area contributed by atoms with Gasteiger partial charge in [0.15, 0.2) is 5.79 Å². The first kappa shape index (κ1) is 9.49. The number of hydrogen-bond donors (Lipinski definition) is 0. The Bertz CT molecular complexity index is 167. The van der Waals surface area contributed by atoms with Crippen LogP contribution in [0.5, 0.6) is 0 Å². The van der Waals surface area contributed by atoms with Gasteiger partial charge in [0.05, 0.1) is 13.2 Å². The lowest BCUT2D eigenvalue weighted by atomic mass is 10.1. The molecule has 0 aliphatic carbocycles.